The molecule has 1 aromatic heterocycles. The van der Waals surface area contributed by atoms with Gasteiger partial charge in [0.15, 0.2) is 11.5 Å². The minimum Gasteiger partial charge on any atom is -0.496 e. The van der Waals surface area contributed by atoms with Crippen molar-refractivity contribution < 1.29 is 14.3 Å². The number of aromatic nitrogens is 1. The molecule has 0 radical (unpaired) electrons. The number of methoxy groups -OCH3 is 1. The van der Waals surface area contributed by atoms with Crippen LogP contribution in [0.15, 0.2) is 67.0 Å². The molecule has 0 fully saturated rings. The van der Waals surface area contributed by atoms with Crippen LogP contribution in [-0.2, 0) is 6.61 Å². The lowest BCUT2D eigenvalue weighted by atomic mass is 10.1. The number of ether oxygens (including phenoxy) is 2. The Balaban J connectivity index is 1.78. The van der Waals surface area contributed by atoms with E-state index in [1.54, 1.807) is 49.7 Å². The van der Waals surface area contributed by atoms with Crippen LogP contribution in [0.3, 0.4) is 0 Å². The molecule has 0 N–H and O–H groups in total. The van der Waals surface area contributed by atoms with Gasteiger partial charge >= 0.3 is 0 Å². The van der Waals surface area contributed by atoms with Crippen LogP contribution in [0.5, 0.6) is 11.5 Å². The Labute approximate surface area is 173 Å². The summed E-state index contributed by atoms with van der Waals surface area (Å²) in [6.07, 6.45) is 6.41. The molecule has 28 heavy (non-hydrogen) atoms. The van der Waals surface area contributed by atoms with Gasteiger partial charge in [0.2, 0.25) is 0 Å². The molecule has 0 spiro atoms. The number of hydrogen-bond donors (Lipinski definition) is 0. The summed E-state index contributed by atoms with van der Waals surface area (Å²) >= 11 is 12.3. The average molecular weight is 414 g/mol. The van der Waals surface area contributed by atoms with Crippen LogP contribution in [0, 0.1) is 0 Å². The first kappa shape index (κ1) is 19.9. The van der Waals surface area contributed by atoms with E-state index in [2.05, 4.69) is 4.98 Å². The summed E-state index contributed by atoms with van der Waals surface area (Å²) in [7, 11) is 1.59. The van der Waals surface area contributed by atoms with Crippen molar-refractivity contribution in [3.63, 3.8) is 0 Å². The number of allylic oxidation sites excluding steroid dienone is 1. The number of rotatable bonds is 7. The Morgan fingerprint density at radius 3 is 2.57 bits per heavy atom. The summed E-state index contributed by atoms with van der Waals surface area (Å²) in [6, 6.07) is 14.2. The highest BCUT2D eigenvalue weighted by Gasteiger charge is 2.10. The maximum absolute atomic E-state index is 12.2. The van der Waals surface area contributed by atoms with Crippen LogP contribution < -0.4 is 9.47 Å². The molecule has 0 atom stereocenters. The molecule has 0 aliphatic heterocycles. The van der Waals surface area contributed by atoms with E-state index in [0.717, 1.165) is 11.1 Å². The Hall–Kier alpha value is -2.82. The second-order valence-electron chi connectivity index (χ2n) is 5.85. The average Bonchev–Trinajstić information content (AvgIpc) is 2.72. The molecule has 6 heteroatoms. The van der Waals surface area contributed by atoms with Gasteiger partial charge in [-0.25, -0.2) is 0 Å². The van der Waals surface area contributed by atoms with Gasteiger partial charge in [-0.15, -0.1) is 0 Å². The van der Waals surface area contributed by atoms with E-state index in [9.17, 15) is 4.79 Å². The van der Waals surface area contributed by atoms with Crippen LogP contribution in [0.1, 0.15) is 21.5 Å². The van der Waals surface area contributed by atoms with Gasteiger partial charge in [0.25, 0.3) is 0 Å². The number of nitrogens with zero attached hydrogens (tertiary/aromatic N) is 1. The Morgan fingerprint density at radius 1 is 1.11 bits per heavy atom. The van der Waals surface area contributed by atoms with Crippen LogP contribution in [0.4, 0.5) is 0 Å². The molecule has 0 aliphatic carbocycles. The standard InChI is InChI=1S/C22H17Cl2NO3/c1-27-21-10-8-15(7-9-20(26)16-4-3-11-25-13-16)12-17(21)14-28-22-18(23)5-2-6-19(22)24/h2-13H,14H2,1H3/b9-7+. The molecule has 4 nitrogen and oxygen atoms in total. The first-order valence-corrected chi connectivity index (χ1v) is 9.20. The molecular weight excluding hydrogens is 397 g/mol. The fourth-order valence-corrected chi connectivity index (χ4v) is 3.07. The molecule has 0 unspecified atom stereocenters. The van der Waals surface area contributed by atoms with Crippen molar-refractivity contribution in [2.45, 2.75) is 6.61 Å². The van der Waals surface area contributed by atoms with Gasteiger partial charge in [0.05, 0.1) is 17.2 Å². The molecule has 1 heterocycles. The number of carbonyl (C=O) groups excluding carboxylic acids is 1. The predicted octanol–water partition coefficient (Wildman–Crippen LogP) is 5.87. The monoisotopic (exact) mass is 413 g/mol. The molecule has 0 saturated heterocycles. The second kappa shape index (κ2) is 9.40. The van der Waals surface area contributed by atoms with Crippen molar-refractivity contribution >= 4 is 35.1 Å². The van der Waals surface area contributed by atoms with Gasteiger partial charge in [-0.3, -0.25) is 9.78 Å². The van der Waals surface area contributed by atoms with Gasteiger partial charge in [0, 0.05) is 23.5 Å². The third kappa shape index (κ3) is 4.91. The number of pyridine rings is 1. The van der Waals surface area contributed by atoms with Crippen LogP contribution in [-0.4, -0.2) is 17.9 Å². The number of ketones is 1. The van der Waals surface area contributed by atoms with Crippen molar-refractivity contribution in [2.24, 2.45) is 0 Å². The zero-order valence-electron chi connectivity index (χ0n) is 15.1. The largest absolute Gasteiger partial charge is 0.496 e. The highest BCUT2D eigenvalue weighted by Crippen LogP contribution is 2.33. The maximum Gasteiger partial charge on any atom is 0.187 e. The third-order valence-corrected chi connectivity index (χ3v) is 4.56. The topological polar surface area (TPSA) is 48.4 Å². The fourth-order valence-electron chi connectivity index (χ4n) is 2.56. The summed E-state index contributed by atoms with van der Waals surface area (Å²) in [4.78, 5) is 16.2. The summed E-state index contributed by atoms with van der Waals surface area (Å²) in [5.74, 6) is 0.962. The third-order valence-electron chi connectivity index (χ3n) is 3.97. The smallest absolute Gasteiger partial charge is 0.187 e. The summed E-state index contributed by atoms with van der Waals surface area (Å²) in [5.41, 5.74) is 2.17. The fraction of sp³-hybridized carbons (Fsp3) is 0.0909. The maximum atomic E-state index is 12.2. The van der Waals surface area contributed by atoms with Crippen molar-refractivity contribution in [1.82, 2.24) is 4.98 Å². The second-order valence-corrected chi connectivity index (χ2v) is 6.66. The van der Waals surface area contributed by atoms with E-state index in [0.29, 0.717) is 27.1 Å². The van der Waals surface area contributed by atoms with Gasteiger partial charge in [-0.2, -0.15) is 0 Å². The summed E-state index contributed by atoms with van der Waals surface area (Å²) in [5, 5.41) is 0.870. The molecule has 3 rings (SSSR count). The number of carbonyl (C=O) groups is 1. The van der Waals surface area contributed by atoms with E-state index in [4.69, 9.17) is 32.7 Å². The summed E-state index contributed by atoms with van der Waals surface area (Å²) in [6.45, 7) is 0.213. The first-order chi connectivity index (χ1) is 13.6. The van der Waals surface area contributed by atoms with E-state index in [-0.39, 0.29) is 12.4 Å². The highest BCUT2D eigenvalue weighted by atomic mass is 35.5. The molecule has 142 valence electrons. The molecule has 3 aromatic rings. The summed E-state index contributed by atoms with van der Waals surface area (Å²) < 4.78 is 11.2. The number of halogens is 2. The Kier molecular flexibility index (Phi) is 6.69. The minimum absolute atomic E-state index is 0.121. The van der Waals surface area contributed by atoms with Crippen LogP contribution >= 0.6 is 23.2 Å². The van der Waals surface area contributed by atoms with Gasteiger partial charge in [0.1, 0.15) is 12.4 Å². The van der Waals surface area contributed by atoms with E-state index in [1.165, 1.54) is 12.3 Å². The van der Waals surface area contributed by atoms with Crippen molar-refractivity contribution in [3.8, 4) is 11.5 Å². The Morgan fingerprint density at radius 2 is 1.89 bits per heavy atom. The Bertz CT molecular complexity index is 984. The van der Waals surface area contributed by atoms with Crippen molar-refractivity contribution in [2.75, 3.05) is 7.11 Å². The minimum atomic E-state index is -0.121. The molecule has 0 aliphatic rings. The lowest BCUT2D eigenvalue weighted by Gasteiger charge is -2.13. The SMILES string of the molecule is COc1ccc(/C=C/C(=O)c2cccnc2)cc1COc1c(Cl)cccc1Cl. The lowest BCUT2D eigenvalue weighted by molar-refractivity contribution is 0.104. The zero-order chi connectivity index (χ0) is 19.9. The van der Waals surface area contributed by atoms with E-state index >= 15 is 0 Å². The quantitative estimate of drug-likeness (QED) is 0.358. The predicted molar refractivity (Wildman–Crippen MR) is 111 cm³/mol. The van der Waals surface area contributed by atoms with E-state index < -0.39 is 0 Å². The number of para-hydroxylation sites is 1. The number of hydrogen-bond acceptors (Lipinski definition) is 4. The highest BCUT2D eigenvalue weighted by molar-refractivity contribution is 6.37. The normalized spacial score (nSPS) is 10.8. The van der Waals surface area contributed by atoms with E-state index in [1.807, 2.05) is 18.2 Å². The van der Waals surface area contributed by atoms with Gasteiger partial charge in [-0.05, 0) is 48.0 Å². The molecule has 0 saturated carbocycles. The first-order valence-electron chi connectivity index (χ1n) is 8.44. The van der Waals surface area contributed by atoms with Gasteiger partial charge in [-0.1, -0.05) is 41.4 Å². The number of benzene rings is 2. The van der Waals surface area contributed by atoms with Gasteiger partial charge < -0.3 is 9.47 Å². The molecular formula is C22H17Cl2NO3. The van der Waals surface area contributed by atoms with Crippen molar-refractivity contribution in [1.29, 1.82) is 0 Å². The lowest BCUT2D eigenvalue weighted by Crippen LogP contribution is -2.00. The molecule has 2 aromatic carbocycles. The molecule has 0 bridgehead atoms. The van der Waals surface area contributed by atoms with Crippen molar-refractivity contribution in [3.05, 3.63) is 93.7 Å². The van der Waals surface area contributed by atoms with Crippen LogP contribution in [0.2, 0.25) is 10.0 Å². The van der Waals surface area contributed by atoms with Crippen LogP contribution in [0.25, 0.3) is 6.08 Å². The molecule has 0 amide bonds. The zero-order valence-corrected chi connectivity index (χ0v) is 16.6.